The molecule has 0 unspecified atom stereocenters. The monoisotopic (exact) mass is 233 g/mol. The smallest absolute Gasteiger partial charge is 0.358 e. The Labute approximate surface area is 86.8 Å². The lowest BCUT2D eigenvalue weighted by atomic mass is 10.6. The van der Waals surface area contributed by atoms with Crippen molar-refractivity contribution in [3.63, 3.8) is 0 Å². The molecule has 1 rings (SSSR count). The van der Waals surface area contributed by atoms with Gasteiger partial charge >= 0.3 is 11.0 Å². The summed E-state index contributed by atoms with van der Waals surface area (Å²) >= 11 is 0. The van der Waals surface area contributed by atoms with E-state index in [4.69, 9.17) is 0 Å². The summed E-state index contributed by atoms with van der Waals surface area (Å²) in [4.78, 5) is 13.2. The zero-order chi connectivity index (χ0) is 11.8. The number of hydrogen-bond acceptors (Lipinski definition) is 5. The molecule has 84 valence electrons. The summed E-state index contributed by atoms with van der Waals surface area (Å²) < 4.78 is 24.5. The number of rotatable bonds is 3. The predicted octanol–water partition coefficient (Wildman–Crippen LogP) is 0.510. The molecule has 0 saturated carbocycles. The van der Waals surface area contributed by atoms with Crippen LogP contribution >= 0.6 is 0 Å². The van der Waals surface area contributed by atoms with Gasteiger partial charge in [0.2, 0.25) is 9.84 Å². The average Bonchev–Trinajstić information content (AvgIpc) is 2.47. The Bertz CT molecular complexity index is 488. The molecular formula is C7H11N3O4S. The fourth-order valence-electron chi connectivity index (χ4n) is 0.997. The number of aromatic nitrogens is 2. The molecule has 0 saturated heterocycles. The van der Waals surface area contributed by atoms with Gasteiger partial charge < -0.3 is 10.1 Å². The molecule has 15 heavy (non-hydrogen) atoms. The third kappa shape index (κ3) is 1.99. The first-order valence-corrected chi connectivity index (χ1v) is 5.73. The van der Waals surface area contributed by atoms with Gasteiger partial charge in [-0.1, -0.05) is 0 Å². The molecule has 0 radical (unpaired) electrons. The van der Waals surface area contributed by atoms with Crippen LogP contribution in [0.4, 0.5) is 5.82 Å². The van der Waals surface area contributed by atoms with E-state index in [0.717, 1.165) is 10.8 Å². The number of imidazole rings is 1. The Morgan fingerprint density at radius 1 is 1.53 bits per heavy atom. The molecule has 1 aromatic heterocycles. The maximum atomic E-state index is 11.7. The van der Waals surface area contributed by atoms with Crippen molar-refractivity contribution in [2.45, 2.75) is 24.3 Å². The fourth-order valence-corrected chi connectivity index (χ4v) is 2.09. The second kappa shape index (κ2) is 3.61. The molecule has 0 amide bonds. The van der Waals surface area contributed by atoms with Crippen LogP contribution in [0.2, 0.25) is 0 Å². The summed E-state index contributed by atoms with van der Waals surface area (Å²) in [5.74, 6) is -0.461. The Balaban J connectivity index is 3.34. The summed E-state index contributed by atoms with van der Waals surface area (Å²) in [7, 11) is -2.16. The van der Waals surface area contributed by atoms with Crippen molar-refractivity contribution in [3.05, 3.63) is 16.3 Å². The van der Waals surface area contributed by atoms with E-state index in [1.807, 2.05) is 0 Å². The van der Waals surface area contributed by atoms with Crippen LogP contribution < -0.4 is 0 Å². The zero-order valence-electron chi connectivity index (χ0n) is 8.54. The first kappa shape index (κ1) is 11.6. The van der Waals surface area contributed by atoms with Crippen molar-refractivity contribution >= 4 is 15.7 Å². The number of aryl methyl sites for hydroxylation is 1. The normalized spacial score (nSPS) is 12.0. The van der Waals surface area contributed by atoms with Gasteiger partial charge in [0.05, 0.1) is 5.25 Å². The van der Waals surface area contributed by atoms with Crippen molar-refractivity contribution in [1.82, 2.24) is 9.55 Å². The van der Waals surface area contributed by atoms with Crippen LogP contribution in [0.5, 0.6) is 0 Å². The summed E-state index contributed by atoms with van der Waals surface area (Å²) in [6, 6.07) is 0. The van der Waals surface area contributed by atoms with E-state index in [2.05, 4.69) is 4.98 Å². The van der Waals surface area contributed by atoms with Gasteiger partial charge in [0, 0.05) is 7.05 Å². The summed E-state index contributed by atoms with van der Waals surface area (Å²) in [6.07, 6.45) is 1.08. The predicted molar refractivity (Wildman–Crippen MR) is 52.2 cm³/mol. The van der Waals surface area contributed by atoms with E-state index >= 15 is 0 Å². The first-order chi connectivity index (χ1) is 6.76. The number of nitro groups is 1. The van der Waals surface area contributed by atoms with E-state index in [9.17, 15) is 18.5 Å². The number of sulfone groups is 1. The SMILES string of the molecule is CC(C)S(=O)(=O)c1nc([N+](=O)[O-])cn1C. The molecule has 0 atom stereocenters. The fraction of sp³-hybridized carbons (Fsp3) is 0.571. The van der Waals surface area contributed by atoms with Crippen LogP contribution in [-0.4, -0.2) is 28.1 Å². The lowest BCUT2D eigenvalue weighted by molar-refractivity contribution is -0.389. The van der Waals surface area contributed by atoms with Crippen LogP contribution in [0.1, 0.15) is 13.8 Å². The summed E-state index contributed by atoms with van der Waals surface area (Å²) in [5.41, 5.74) is 0. The highest BCUT2D eigenvalue weighted by molar-refractivity contribution is 7.91. The van der Waals surface area contributed by atoms with Crippen molar-refractivity contribution in [3.8, 4) is 0 Å². The highest BCUT2D eigenvalue weighted by Gasteiger charge is 2.31. The van der Waals surface area contributed by atoms with Gasteiger partial charge in [-0.2, -0.15) is 0 Å². The zero-order valence-corrected chi connectivity index (χ0v) is 9.35. The minimum atomic E-state index is -3.57. The third-order valence-corrected chi connectivity index (χ3v) is 4.01. The third-order valence-electron chi connectivity index (χ3n) is 1.88. The molecule has 0 spiro atoms. The molecule has 0 bridgehead atoms. The maximum Gasteiger partial charge on any atom is 0.383 e. The van der Waals surface area contributed by atoms with Crippen LogP contribution in [0.3, 0.4) is 0 Å². The molecule has 1 heterocycles. The van der Waals surface area contributed by atoms with E-state index < -0.39 is 25.8 Å². The van der Waals surface area contributed by atoms with Gasteiger partial charge in [-0.05, 0) is 23.8 Å². The minimum Gasteiger partial charge on any atom is -0.358 e. The van der Waals surface area contributed by atoms with Crippen molar-refractivity contribution in [2.75, 3.05) is 0 Å². The van der Waals surface area contributed by atoms with Gasteiger partial charge in [-0.25, -0.2) is 8.42 Å². The van der Waals surface area contributed by atoms with E-state index in [-0.39, 0.29) is 5.16 Å². The Hall–Kier alpha value is -1.44. The van der Waals surface area contributed by atoms with Gasteiger partial charge in [-0.3, -0.25) is 4.57 Å². The largest absolute Gasteiger partial charge is 0.383 e. The molecule has 1 aromatic rings. The summed E-state index contributed by atoms with van der Waals surface area (Å²) in [6.45, 7) is 2.99. The van der Waals surface area contributed by atoms with Crippen molar-refractivity contribution < 1.29 is 13.3 Å². The van der Waals surface area contributed by atoms with Crippen LogP contribution in [0, 0.1) is 10.1 Å². The molecule has 7 nitrogen and oxygen atoms in total. The molecule has 0 aliphatic rings. The maximum absolute atomic E-state index is 11.7. The second-order valence-electron chi connectivity index (χ2n) is 3.34. The Kier molecular flexibility index (Phi) is 2.80. The molecule has 0 N–H and O–H groups in total. The number of hydrogen-bond donors (Lipinski definition) is 0. The van der Waals surface area contributed by atoms with Crippen molar-refractivity contribution in [2.24, 2.45) is 7.05 Å². The lowest BCUT2D eigenvalue weighted by Crippen LogP contribution is -2.18. The summed E-state index contributed by atoms with van der Waals surface area (Å²) in [5, 5.41) is 9.47. The van der Waals surface area contributed by atoms with Crippen molar-refractivity contribution in [1.29, 1.82) is 0 Å². The highest BCUT2D eigenvalue weighted by Crippen LogP contribution is 2.18. The Morgan fingerprint density at radius 3 is 2.40 bits per heavy atom. The standard InChI is InChI=1S/C7H11N3O4S/c1-5(2)15(13,14)7-8-6(10(11)12)4-9(7)3/h4-5H,1-3H3. The molecular weight excluding hydrogens is 222 g/mol. The van der Waals surface area contributed by atoms with Gasteiger partial charge in [0.1, 0.15) is 6.20 Å². The molecule has 0 fully saturated rings. The molecule has 0 aliphatic heterocycles. The highest BCUT2D eigenvalue weighted by atomic mass is 32.2. The number of nitrogens with zero attached hydrogens (tertiary/aromatic N) is 3. The molecule has 8 heteroatoms. The average molecular weight is 233 g/mol. The molecule has 0 aromatic carbocycles. The minimum absolute atomic E-state index is 0.274. The van der Waals surface area contributed by atoms with Crippen LogP contribution in [0.15, 0.2) is 11.4 Å². The van der Waals surface area contributed by atoms with Gasteiger partial charge in [0.25, 0.3) is 0 Å². The van der Waals surface area contributed by atoms with E-state index in [0.29, 0.717) is 0 Å². The quantitative estimate of drug-likeness (QED) is 0.560. The first-order valence-electron chi connectivity index (χ1n) is 4.18. The van der Waals surface area contributed by atoms with Crippen LogP contribution in [0.25, 0.3) is 0 Å². The lowest BCUT2D eigenvalue weighted by Gasteiger charge is -2.02. The topological polar surface area (TPSA) is 95.1 Å². The molecule has 0 aliphatic carbocycles. The Morgan fingerprint density at radius 2 is 2.07 bits per heavy atom. The van der Waals surface area contributed by atoms with Gasteiger partial charge in [0.15, 0.2) is 0 Å². The van der Waals surface area contributed by atoms with E-state index in [1.54, 1.807) is 0 Å². The second-order valence-corrected chi connectivity index (χ2v) is 5.74. The van der Waals surface area contributed by atoms with Gasteiger partial charge in [-0.15, -0.1) is 0 Å². The van der Waals surface area contributed by atoms with Crippen LogP contribution in [-0.2, 0) is 16.9 Å². The van der Waals surface area contributed by atoms with E-state index in [1.165, 1.54) is 20.9 Å².